The van der Waals surface area contributed by atoms with Gasteiger partial charge in [0.25, 0.3) is 0 Å². The zero-order valence-corrected chi connectivity index (χ0v) is 11.8. The van der Waals surface area contributed by atoms with Crippen molar-refractivity contribution in [2.75, 3.05) is 34.8 Å². The molecule has 1 aromatic heterocycles. The normalized spacial score (nSPS) is 23.5. The molecule has 4 rings (SSSR count). The molecule has 0 spiro atoms. The zero-order chi connectivity index (χ0) is 12.7. The molecule has 0 unspecified atom stereocenters. The SMILES string of the molecule is C1CN(c2nc(NC3CC3)nc(C3CC3)n2)CCS1. The van der Waals surface area contributed by atoms with Gasteiger partial charge in [0.1, 0.15) is 5.82 Å². The van der Waals surface area contributed by atoms with Gasteiger partial charge in [-0.2, -0.15) is 26.7 Å². The van der Waals surface area contributed by atoms with Crippen LogP contribution in [0.4, 0.5) is 11.9 Å². The van der Waals surface area contributed by atoms with Crippen molar-refractivity contribution in [3.8, 4) is 0 Å². The molecule has 2 aliphatic carbocycles. The Kier molecular flexibility index (Phi) is 2.98. The van der Waals surface area contributed by atoms with Crippen molar-refractivity contribution in [3.05, 3.63) is 5.82 Å². The second-order valence-electron chi connectivity index (χ2n) is 5.61. The molecule has 2 heterocycles. The van der Waals surface area contributed by atoms with Gasteiger partial charge in [-0.25, -0.2) is 0 Å². The fourth-order valence-electron chi connectivity index (χ4n) is 2.28. The first-order valence-electron chi connectivity index (χ1n) is 7.24. The second kappa shape index (κ2) is 4.81. The van der Waals surface area contributed by atoms with Gasteiger partial charge >= 0.3 is 0 Å². The number of nitrogens with one attached hydrogen (secondary N) is 1. The molecular weight excluding hydrogens is 258 g/mol. The van der Waals surface area contributed by atoms with Crippen molar-refractivity contribution in [3.63, 3.8) is 0 Å². The third-order valence-corrected chi connectivity index (χ3v) is 4.73. The molecule has 0 atom stereocenters. The summed E-state index contributed by atoms with van der Waals surface area (Å²) < 4.78 is 0. The lowest BCUT2D eigenvalue weighted by molar-refractivity contribution is 0.782. The number of nitrogens with zero attached hydrogens (tertiary/aromatic N) is 4. The van der Waals surface area contributed by atoms with Gasteiger partial charge < -0.3 is 10.2 Å². The zero-order valence-electron chi connectivity index (χ0n) is 11.0. The maximum atomic E-state index is 4.70. The Hall–Kier alpha value is -1.04. The van der Waals surface area contributed by atoms with E-state index >= 15 is 0 Å². The molecule has 6 heteroatoms. The summed E-state index contributed by atoms with van der Waals surface area (Å²) >= 11 is 2.01. The highest BCUT2D eigenvalue weighted by molar-refractivity contribution is 7.99. The largest absolute Gasteiger partial charge is 0.351 e. The minimum atomic E-state index is 0.584. The fraction of sp³-hybridized carbons (Fsp3) is 0.769. The molecule has 3 aliphatic rings. The molecule has 19 heavy (non-hydrogen) atoms. The van der Waals surface area contributed by atoms with Crippen LogP contribution in [0.15, 0.2) is 0 Å². The molecule has 1 N–H and O–H groups in total. The predicted octanol–water partition coefficient (Wildman–Crippen LogP) is 1.88. The molecule has 0 aromatic carbocycles. The van der Waals surface area contributed by atoms with Crippen LogP contribution in [0.1, 0.15) is 37.4 Å². The van der Waals surface area contributed by atoms with Crippen LogP contribution in [-0.4, -0.2) is 45.6 Å². The van der Waals surface area contributed by atoms with Gasteiger partial charge in [-0.3, -0.25) is 0 Å². The van der Waals surface area contributed by atoms with E-state index < -0.39 is 0 Å². The van der Waals surface area contributed by atoms with Crippen LogP contribution in [-0.2, 0) is 0 Å². The molecule has 1 aromatic rings. The minimum absolute atomic E-state index is 0.584. The summed E-state index contributed by atoms with van der Waals surface area (Å²) in [6.45, 7) is 2.11. The lowest BCUT2D eigenvalue weighted by Crippen LogP contribution is -2.34. The van der Waals surface area contributed by atoms with Crippen molar-refractivity contribution in [1.82, 2.24) is 15.0 Å². The smallest absolute Gasteiger partial charge is 0.230 e. The van der Waals surface area contributed by atoms with Crippen LogP contribution < -0.4 is 10.2 Å². The number of hydrogen-bond donors (Lipinski definition) is 1. The van der Waals surface area contributed by atoms with E-state index in [4.69, 9.17) is 4.98 Å². The minimum Gasteiger partial charge on any atom is -0.351 e. The van der Waals surface area contributed by atoms with Crippen molar-refractivity contribution in [1.29, 1.82) is 0 Å². The predicted molar refractivity (Wildman–Crippen MR) is 78.0 cm³/mol. The lowest BCUT2D eigenvalue weighted by Gasteiger charge is -2.26. The Morgan fingerprint density at radius 3 is 2.47 bits per heavy atom. The number of aromatic nitrogens is 3. The van der Waals surface area contributed by atoms with E-state index in [9.17, 15) is 0 Å². The Morgan fingerprint density at radius 1 is 1.00 bits per heavy atom. The first-order chi connectivity index (χ1) is 9.38. The first kappa shape index (κ1) is 11.8. The molecule has 2 saturated carbocycles. The highest BCUT2D eigenvalue weighted by Crippen LogP contribution is 2.39. The molecule has 1 aliphatic heterocycles. The summed E-state index contributed by atoms with van der Waals surface area (Å²) in [4.78, 5) is 16.2. The van der Waals surface area contributed by atoms with Crippen molar-refractivity contribution >= 4 is 23.7 Å². The maximum absolute atomic E-state index is 4.70. The molecule has 0 amide bonds. The Balaban J connectivity index is 1.61. The van der Waals surface area contributed by atoms with Crippen LogP contribution in [0.5, 0.6) is 0 Å². The molecule has 1 saturated heterocycles. The van der Waals surface area contributed by atoms with E-state index in [1.54, 1.807) is 0 Å². The molecule has 5 nitrogen and oxygen atoms in total. The summed E-state index contributed by atoms with van der Waals surface area (Å²) in [7, 11) is 0. The van der Waals surface area contributed by atoms with E-state index in [0.29, 0.717) is 12.0 Å². The van der Waals surface area contributed by atoms with E-state index in [0.717, 1.165) is 30.8 Å². The Morgan fingerprint density at radius 2 is 1.79 bits per heavy atom. The van der Waals surface area contributed by atoms with Gasteiger partial charge in [0, 0.05) is 36.6 Å². The van der Waals surface area contributed by atoms with Gasteiger partial charge in [0.15, 0.2) is 0 Å². The maximum Gasteiger partial charge on any atom is 0.230 e. The number of anilines is 2. The molecule has 0 bridgehead atoms. The number of rotatable bonds is 4. The standard InChI is InChI=1S/C13H19N5S/c1-2-9(1)11-15-12(14-10-3-4-10)17-13(16-11)18-5-7-19-8-6-18/h9-10H,1-8H2,(H,14,15,16,17). The first-order valence-corrected chi connectivity index (χ1v) is 8.39. The van der Waals surface area contributed by atoms with Crippen molar-refractivity contribution in [2.24, 2.45) is 0 Å². The van der Waals surface area contributed by atoms with Crippen LogP contribution in [0, 0.1) is 0 Å². The van der Waals surface area contributed by atoms with Gasteiger partial charge in [-0.05, 0) is 25.7 Å². The van der Waals surface area contributed by atoms with Gasteiger partial charge in [0.05, 0.1) is 0 Å². The molecule has 0 radical (unpaired) electrons. The van der Waals surface area contributed by atoms with Crippen molar-refractivity contribution in [2.45, 2.75) is 37.6 Å². The topological polar surface area (TPSA) is 53.9 Å². The van der Waals surface area contributed by atoms with E-state index in [1.165, 1.54) is 37.2 Å². The van der Waals surface area contributed by atoms with E-state index in [-0.39, 0.29) is 0 Å². The van der Waals surface area contributed by atoms with E-state index in [2.05, 4.69) is 20.2 Å². The second-order valence-corrected chi connectivity index (χ2v) is 6.83. The molecular formula is C13H19N5S. The quantitative estimate of drug-likeness (QED) is 0.907. The van der Waals surface area contributed by atoms with E-state index in [1.807, 2.05) is 11.8 Å². The lowest BCUT2D eigenvalue weighted by atomic mass is 10.4. The highest BCUT2D eigenvalue weighted by Gasteiger charge is 2.30. The van der Waals surface area contributed by atoms with Crippen molar-refractivity contribution < 1.29 is 0 Å². The summed E-state index contributed by atoms with van der Waals surface area (Å²) in [5.74, 6) is 5.63. The summed E-state index contributed by atoms with van der Waals surface area (Å²) in [6, 6.07) is 0.596. The third kappa shape index (κ3) is 2.78. The monoisotopic (exact) mass is 277 g/mol. The summed E-state index contributed by atoms with van der Waals surface area (Å²) in [5, 5.41) is 3.42. The molecule has 102 valence electrons. The third-order valence-electron chi connectivity index (χ3n) is 3.79. The Bertz CT molecular complexity index is 466. The van der Waals surface area contributed by atoms with Crippen LogP contribution >= 0.6 is 11.8 Å². The van der Waals surface area contributed by atoms with Crippen LogP contribution in [0.25, 0.3) is 0 Å². The average Bonchev–Trinajstić information content (AvgIpc) is 3.33. The summed E-state index contributed by atoms with van der Waals surface area (Å²) in [6.07, 6.45) is 4.98. The average molecular weight is 277 g/mol. The Labute approximate surface area is 117 Å². The fourth-order valence-corrected chi connectivity index (χ4v) is 3.19. The highest BCUT2D eigenvalue weighted by atomic mass is 32.2. The van der Waals surface area contributed by atoms with Gasteiger partial charge in [0.2, 0.25) is 11.9 Å². The van der Waals surface area contributed by atoms with Gasteiger partial charge in [-0.15, -0.1) is 0 Å². The van der Waals surface area contributed by atoms with Crippen LogP contribution in [0.2, 0.25) is 0 Å². The molecule has 3 fully saturated rings. The van der Waals surface area contributed by atoms with Crippen LogP contribution in [0.3, 0.4) is 0 Å². The number of thioether (sulfide) groups is 1. The number of hydrogen-bond acceptors (Lipinski definition) is 6. The van der Waals surface area contributed by atoms with Gasteiger partial charge in [-0.1, -0.05) is 0 Å². The summed E-state index contributed by atoms with van der Waals surface area (Å²) in [5.41, 5.74) is 0.